The molecule has 7 heteroatoms. The van der Waals surface area contributed by atoms with Crippen molar-refractivity contribution >= 4 is 5.97 Å². The molecule has 0 saturated heterocycles. The van der Waals surface area contributed by atoms with Crippen LogP contribution in [0.5, 0.6) is 11.6 Å². The maximum atomic E-state index is 11.3. The number of hydrogen-bond donors (Lipinski definition) is 2. The van der Waals surface area contributed by atoms with Crippen LogP contribution in [0.25, 0.3) is 0 Å². The molecule has 2 N–H and O–H groups in total. The fraction of sp³-hybridized carbons (Fsp3) is 0.261. The number of aliphatic hydroxyl groups excluding tert-OH is 1. The average Bonchev–Trinajstić information content (AvgIpc) is 2.78. The van der Waals surface area contributed by atoms with Crippen molar-refractivity contribution in [3.63, 3.8) is 0 Å². The molecule has 0 spiro atoms. The quantitative estimate of drug-likeness (QED) is 0.530. The minimum atomic E-state index is -1.04. The minimum absolute atomic E-state index is 0.121. The summed E-state index contributed by atoms with van der Waals surface area (Å²) in [6.45, 7) is 0.132. The van der Waals surface area contributed by atoms with E-state index in [1.165, 1.54) is 12.1 Å². The number of carboxylic acids is 1. The molecule has 1 aromatic carbocycles. The van der Waals surface area contributed by atoms with E-state index < -0.39 is 5.97 Å². The highest BCUT2D eigenvalue weighted by molar-refractivity contribution is 5.87. The van der Waals surface area contributed by atoms with Crippen LogP contribution in [-0.2, 0) is 26.1 Å². The first-order chi connectivity index (χ1) is 14.6. The number of aromatic carboxylic acids is 1. The van der Waals surface area contributed by atoms with E-state index in [9.17, 15) is 15.0 Å². The molecule has 0 bridgehead atoms. The van der Waals surface area contributed by atoms with Gasteiger partial charge in [-0.1, -0.05) is 30.3 Å². The van der Waals surface area contributed by atoms with Gasteiger partial charge < -0.3 is 19.7 Å². The Morgan fingerprint density at radius 2 is 1.77 bits per heavy atom. The number of nitrogens with zero attached hydrogens (tertiary/aromatic N) is 2. The number of aliphatic hydroxyl groups is 1. The van der Waals surface area contributed by atoms with E-state index >= 15 is 0 Å². The van der Waals surface area contributed by atoms with Crippen molar-refractivity contribution in [3.8, 4) is 11.6 Å². The van der Waals surface area contributed by atoms with Crippen molar-refractivity contribution < 1.29 is 24.5 Å². The molecule has 0 aliphatic heterocycles. The van der Waals surface area contributed by atoms with Gasteiger partial charge in [-0.15, -0.1) is 0 Å². The number of methoxy groups -OCH3 is 1. The molecule has 2 aromatic heterocycles. The van der Waals surface area contributed by atoms with Crippen molar-refractivity contribution in [1.82, 2.24) is 9.97 Å². The van der Waals surface area contributed by atoms with E-state index in [0.29, 0.717) is 48.9 Å². The Labute approximate surface area is 175 Å². The number of carboxylic acid groups (broad SMARTS) is 1. The summed E-state index contributed by atoms with van der Waals surface area (Å²) in [5.41, 5.74) is 2.91. The fourth-order valence-electron chi connectivity index (χ4n) is 3.05. The number of ether oxygens (including phenoxy) is 2. The van der Waals surface area contributed by atoms with Gasteiger partial charge in [0.25, 0.3) is 0 Å². The van der Waals surface area contributed by atoms with Crippen LogP contribution in [0.3, 0.4) is 0 Å². The zero-order valence-corrected chi connectivity index (χ0v) is 16.7. The standard InChI is InChI=1S/C23H24N2O5/c1-29-22-11-10-21(30-15-16-6-3-2-4-7-16)20(25-22)9-5-8-18-12-17(23(27)28)13-19(14-26)24-18/h2-4,6-7,10-13,26H,5,8-9,14-15H2,1H3,(H,27,28). The second-order valence-corrected chi connectivity index (χ2v) is 6.73. The zero-order valence-electron chi connectivity index (χ0n) is 16.7. The molecule has 0 saturated carbocycles. The van der Waals surface area contributed by atoms with Crippen molar-refractivity contribution in [3.05, 3.63) is 82.8 Å². The smallest absolute Gasteiger partial charge is 0.335 e. The van der Waals surface area contributed by atoms with E-state index in [2.05, 4.69) is 9.97 Å². The van der Waals surface area contributed by atoms with Crippen molar-refractivity contribution in [1.29, 1.82) is 0 Å². The fourth-order valence-corrected chi connectivity index (χ4v) is 3.05. The van der Waals surface area contributed by atoms with Crippen LogP contribution in [0.15, 0.2) is 54.6 Å². The van der Waals surface area contributed by atoms with Crippen LogP contribution in [0, 0.1) is 0 Å². The molecule has 156 valence electrons. The maximum Gasteiger partial charge on any atom is 0.335 e. The molecule has 0 amide bonds. The van der Waals surface area contributed by atoms with E-state index in [4.69, 9.17) is 9.47 Å². The number of aromatic nitrogens is 2. The van der Waals surface area contributed by atoms with Crippen molar-refractivity contribution in [2.75, 3.05) is 7.11 Å². The summed E-state index contributed by atoms with van der Waals surface area (Å²) in [7, 11) is 1.56. The molecule has 7 nitrogen and oxygen atoms in total. The molecule has 3 aromatic rings. The van der Waals surface area contributed by atoms with Crippen LogP contribution in [-0.4, -0.2) is 33.3 Å². The molecule has 3 rings (SSSR count). The monoisotopic (exact) mass is 408 g/mol. The Morgan fingerprint density at radius 1 is 1.00 bits per heavy atom. The summed E-state index contributed by atoms with van der Waals surface area (Å²) in [6.07, 6.45) is 1.84. The topological polar surface area (TPSA) is 102 Å². The molecule has 0 atom stereocenters. The first-order valence-corrected chi connectivity index (χ1v) is 9.63. The SMILES string of the molecule is COc1ccc(OCc2ccccc2)c(CCCc2cc(C(=O)O)cc(CO)n2)n1. The molecule has 30 heavy (non-hydrogen) atoms. The van der Waals surface area contributed by atoms with Gasteiger partial charge in [0.1, 0.15) is 12.4 Å². The van der Waals surface area contributed by atoms with Crippen LogP contribution in [0.4, 0.5) is 0 Å². The number of rotatable bonds is 10. The zero-order chi connectivity index (χ0) is 21.3. The van der Waals surface area contributed by atoms with Gasteiger partial charge >= 0.3 is 5.97 Å². The van der Waals surface area contributed by atoms with Gasteiger partial charge in [0, 0.05) is 11.8 Å². The maximum absolute atomic E-state index is 11.3. The van der Waals surface area contributed by atoms with Crippen molar-refractivity contribution in [2.24, 2.45) is 0 Å². The second kappa shape index (κ2) is 10.4. The lowest BCUT2D eigenvalue weighted by molar-refractivity contribution is 0.0696. The summed E-state index contributed by atoms with van der Waals surface area (Å²) < 4.78 is 11.2. The van der Waals surface area contributed by atoms with Gasteiger partial charge in [0.15, 0.2) is 0 Å². The Bertz CT molecular complexity index is 992. The van der Waals surface area contributed by atoms with E-state index in [0.717, 1.165) is 11.3 Å². The summed E-state index contributed by atoms with van der Waals surface area (Å²) in [5.74, 6) is 0.146. The van der Waals surface area contributed by atoms with Crippen LogP contribution in [0.1, 0.15) is 39.4 Å². The highest BCUT2D eigenvalue weighted by Crippen LogP contribution is 2.23. The lowest BCUT2D eigenvalue weighted by atomic mass is 10.1. The van der Waals surface area contributed by atoms with Gasteiger partial charge in [-0.3, -0.25) is 4.98 Å². The minimum Gasteiger partial charge on any atom is -0.487 e. The Hall–Kier alpha value is -3.45. The molecule has 0 aliphatic rings. The third kappa shape index (κ3) is 5.78. The third-order valence-corrected chi connectivity index (χ3v) is 4.54. The van der Waals surface area contributed by atoms with E-state index in [-0.39, 0.29) is 12.2 Å². The van der Waals surface area contributed by atoms with Gasteiger partial charge in [0.05, 0.1) is 30.7 Å². The molecule has 0 fully saturated rings. The normalized spacial score (nSPS) is 10.6. The number of carbonyl (C=O) groups is 1. The van der Waals surface area contributed by atoms with E-state index in [1.54, 1.807) is 13.2 Å². The lowest BCUT2D eigenvalue weighted by Gasteiger charge is -2.12. The van der Waals surface area contributed by atoms with Gasteiger partial charge in [-0.25, -0.2) is 9.78 Å². The molecular weight excluding hydrogens is 384 g/mol. The largest absolute Gasteiger partial charge is 0.487 e. The molecule has 0 aliphatic carbocycles. The number of pyridine rings is 2. The van der Waals surface area contributed by atoms with Gasteiger partial charge in [-0.05, 0) is 43.0 Å². The highest BCUT2D eigenvalue weighted by Gasteiger charge is 2.11. The molecule has 2 heterocycles. The van der Waals surface area contributed by atoms with Crippen LogP contribution >= 0.6 is 0 Å². The lowest BCUT2D eigenvalue weighted by Crippen LogP contribution is -2.05. The van der Waals surface area contributed by atoms with Gasteiger partial charge in [-0.2, -0.15) is 0 Å². The second-order valence-electron chi connectivity index (χ2n) is 6.73. The highest BCUT2D eigenvalue weighted by atomic mass is 16.5. The average molecular weight is 408 g/mol. The Kier molecular flexibility index (Phi) is 7.34. The van der Waals surface area contributed by atoms with Gasteiger partial charge in [0.2, 0.25) is 5.88 Å². The molecule has 0 radical (unpaired) electrons. The summed E-state index contributed by atoms with van der Waals surface area (Å²) in [4.78, 5) is 20.1. The third-order valence-electron chi connectivity index (χ3n) is 4.54. The van der Waals surface area contributed by atoms with Crippen molar-refractivity contribution in [2.45, 2.75) is 32.5 Å². The molecule has 0 unspecified atom stereocenters. The summed E-state index contributed by atoms with van der Waals surface area (Å²) in [5, 5.41) is 18.6. The Morgan fingerprint density at radius 3 is 2.47 bits per heavy atom. The number of aryl methyl sites for hydroxylation is 2. The molecular formula is C23H24N2O5. The van der Waals surface area contributed by atoms with E-state index in [1.807, 2.05) is 36.4 Å². The van der Waals surface area contributed by atoms with Crippen LogP contribution < -0.4 is 9.47 Å². The Balaban J connectivity index is 1.69. The predicted molar refractivity (Wildman–Crippen MR) is 111 cm³/mol. The predicted octanol–water partition coefficient (Wildman–Crippen LogP) is 3.43. The summed E-state index contributed by atoms with van der Waals surface area (Å²) in [6, 6.07) is 16.4. The number of hydrogen-bond acceptors (Lipinski definition) is 6. The van der Waals surface area contributed by atoms with Crippen LogP contribution in [0.2, 0.25) is 0 Å². The number of benzene rings is 1. The first kappa shape index (κ1) is 21.3. The summed E-state index contributed by atoms with van der Waals surface area (Å²) >= 11 is 0. The first-order valence-electron chi connectivity index (χ1n) is 9.63.